The number of carboxylic acid groups (broad SMARTS) is 1. The lowest BCUT2D eigenvalue weighted by atomic mass is 10.2. The zero-order valence-electron chi connectivity index (χ0n) is 11.8. The van der Waals surface area contributed by atoms with Gasteiger partial charge in [0.05, 0.1) is 13.0 Å². The van der Waals surface area contributed by atoms with Crippen molar-refractivity contribution in [2.24, 2.45) is 0 Å². The van der Waals surface area contributed by atoms with Crippen LogP contribution in [0.4, 0.5) is 4.79 Å². The summed E-state index contributed by atoms with van der Waals surface area (Å²) in [6.45, 7) is 4.48. The van der Waals surface area contributed by atoms with Crippen LogP contribution < -0.4 is 10.6 Å². The molecule has 0 aromatic rings. The second-order valence-electron chi connectivity index (χ2n) is 5.06. The Morgan fingerprint density at radius 1 is 1.00 bits per heavy atom. The molecule has 0 atom stereocenters. The maximum atomic E-state index is 11.3. The first-order chi connectivity index (χ1) is 9.10. The Kier molecular flexibility index (Phi) is 7.27. The molecule has 0 aliphatic heterocycles. The van der Waals surface area contributed by atoms with Gasteiger partial charge in [-0.25, -0.2) is 4.79 Å². The van der Waals surface area contributed by atoms with E-state index >= 15 is 0 Å². The van der Waals surface area contributed by atoms with Crippen molar-refractivity contribution in [2.45, 2.75) is 39.2 Å². The van der Waals surface area contributed by atoms with Crippen LogP contribution in [-0.2, 0) is 19.1 Å². The van der Waals surface area contributed by atoms with Gasteiger partial charge in [0.15, 0.2) is 5.78 Å². The van der Waals surface area contributed by atoms with Crippen LogP contribution in [-0.4, -0.2) is 47.6 Å². The van der Waals surface area contributed by atoms with Gasteiger partial charge >= 0.3 is 12.1 Å². The van der Waals surface area contributed by atoms with Gasteiger partial charge in [0.25, 0.3) is 0 Å². The second-order valence-corrected chi connectivity index (χ2v) is 5.06. The first-order valence-electron chi connectivity index (χ1n) is 6.07. The Morgan fingerprint density at radius 2 is 1.60 bits per heavy atom. The number of rotatable bonds is 7. The topological polar surface area (TPSA) is 122 Å². The quantitative estimate of drug-likeness (QED) is 0.609. The molecule has 20 heavy (non-hydrogen) atoms. The second kappa shape index (κ2) is 8.13. The van der Waals surface area contributed by atoms with Crippen LogP contribution in [0.3, 0.4) is 0 Å². The number of amides is 2. The molecule has 8 nitrogen and oxygen atoms in total. The van der Waals surface area contributed by atoms with E-state index < -0.39 is 29.4 Å². The molecule has 8 heteroatoms. The number of aliphatic carboxylic acids is 1. The van der Waals surface area contributed by atoms with E-state index in [-0.39, 0.29) is 25.9 Å². The number of hydrogen-bond acceptors (Lipinski definition) is 5. The maximum absolute atomic E-state index is 11.3. The average molecular weight is 288 g/mol. The van der Waals surface area contributed by atoms with Gasteiger partial charge in [0, 0.05) is 6.42 Å². The lowest BCUT2D eigenvalue weighted by Crippen LogP contribution is -2.41. The van der Waals surface area contributed by atoms with Crippen molar-refractivity contribution in [3.05, 3.63) is 0 Å². The molecule has 3 N–H and O–H groups in total. The molecule has 0 aliphatic carbocycles. The van der Waals surface area contributed by atoms with Gasteiger partial charge in [-0.15, -0.1) is 0 Å². The van der Waals surface area contributed by atoms with Crippen molar-refractivity contribution < 1.29 is 29.0 Å². The zero-order chi connectivity index (χ0) is 15.8. The third-order valence-electron chi connectivity index (χ3n) is 1.89. The third-order valence-corrected chi connectivity index (χ3v) is 1.89. The van der Waals surface area contributed by atoms with E-state index in [0.29, 0.717) is 0 Å². The molecule has 0 saturated heterocycles. The van der Waals surface area contributed by atoms with Gasteiger partial charge in [-0.1, -0.05) is 0 Å². The Labute approximate surface area is 116 Å². The minimum Gasteiger partial charge on any atom is -0.481 e. The van der Waals surface area contributed by atoms with E-state index in [1.54, 1.807) is 20.8 Å². The molecule has 114 valence electrons. The van der Waals surface area contributed by atoms with Crippen LogP contribution in [0.5, 0.6) is 0 Å². The predicted octanol–water partition coefficient (Wildman–Crippen LogP) is 0.0612. The van der Waals surface area contributed by atoms with Gasteiger partial charge < -0.3 is 20.5 Å². The Morgan fingerprint density at radius 3 is 2.10 bits per heavy atom. The summed E-state index contributed by atoms with van der Waals surface area (Å²) in [5.41, 5.74) is -0.659. The van der Waals surface area contributed by atoms with Crippen LogP contribution >= 0.6 is 0 Å². The molecule has 0 radical (unpaired) electrons. The highest BCUT2D eigenvalue weighted by Gasteiger charge is 2.16. The number of carbonyl (C=O) groups excluding carboxylic acids is 3. The van der Waals surface area contributed by atoms with E-state index in [4.69, 9.17) is 9.84 Å². The molecule has 2 amide bonds. The largest absolute Gasteiger partial charge is 0.481 e. The summed E-state index contributed by atoms with van der Waals surface area (Å²) in [5, 5.41) is 12.9. The third kappa shape index (κ3) is 11.0. The minimum absolute atomic E-state index is 0.144. The number of nitrogens with one attached hydrogen (secondary N) is 2. The number of Topliss-reactive ketones (excluding diaryl/α,β-unsaturated/α-hetero) is 1. The molecule has 0 saturated carbocycles. The van der Waals surface area contributed by atoms with Crippen LogP contribution in [0, 0.1) is 0 Å². The number of carbonyl (C=O) groups is 4. The van der Waals surface area contributed by atoms with Gasteiger partial charge in [-0.05, 0) is 20.8 Å². The number of ether oxygens (including phenoxy) is 1. The first kappa shape index (κ1) is 17.9. The molecule has 0 bridgehead atoms. The Hall–Kier alpha value is -2.12. The smallest absolute Gasteiger partial charge is 0.408 e. The summed E-state index contributed by atoms with van der Waals surface area (Å²) in [6, 6.07) is 0. The fourth-order valence-corrected chi connectivity index (χ4v) is 1.06. The zero-order valence-corrected chi connectivity index (χ0v) is 11.8. The molecule has 0 aromatic carbocycles. The minimum atomic E-state index is -1.07. The van der Waals surface area contributed by atoms with Crippen LogP contribution in [0.1, 0.15) is 33.6 Å². The van der Waals surface area contributed by atoms with E-state index in [9.17, 15) is 19.2 Å². The molecule has 0 heterocycles. The van der Waals surface area contributed by atoms with Crippen LogP contribution in [0.2, 0.25) is 0 Å². The predicted molar refractivity (Wildman–Crippen MR) is 69.1 cm³/mol. The molecule has 0 fully saturated rings. The fraction of sp³-hybridized carbons (Fsp3) is 0.667. The van der Waals surface area contributed by atoms with Gasteiger partial charge in [0.1, 0.15) is 12.1 Å². The maximum Gasteiger partial charge on any atom is 0.408 e. The lowest BCUT2D eigenvalue weighted by Gasteiger charge is -2.19. The van der Waals surface area contributed by atoms with Crippen molar-refractivity contribution in [1.82, 2.24) is 10.6 Å². The molecule has 0 unspecified atom stereocenters. The Balaban J connectivity index is 3.81. The van der Waals surface area contributed by atoms with E-state index in [1.807, 2.05) is 0 Å². The van der Waals surface area contributed by atoms with Gasteiger partial charge in [-0.3, -0.25) is 14.4 Å². The fourth-order valence-electron chi connectivity index (χ4n) is 1.06. The Bertz CT molecular complexity index is 386. The summed E-state index contributed by atoms with van der Waals surface area (Å²) in [6.07, 6.45) is -1.15. The van der Waals surface area contributed by atoms with Crippen molar-refractivity contribution in [3.63, 3.8) is 0 Å². The van der Waals surface area contributed by atoms with E-state index in [2.05, 4.69) is 10.6 Å². The SMILES string of the molecule is CC(C)(C)OC(=O)NCC(=O)NCC(=O)CCC(=O)O. The highest BCUT2D eigenvalue weighted by Crippen LogP contribution is 2.05. The van der Waals surface area contributed by atoms with Gasteiger partial charge in [-0.2, -0.15) is 0 Å². The lowest BCUT2D eigenvalue weighted by molar-refractivity contribution is -0.138. The first-order valence-corrected chi connectivity index (χ1v) is 6.07. The standard InChI is InChI=1S/C12H20N2O6/c1-12(2,3)20-11(19)14-7-9(16)13-6-8(15)4-5-10(17)18/h4-7H2,1-3H3,(H,13,16)(H,14,19)(H,17,18). The van der Waals surface area contributed by atoms with Gasteiger partial charge in [0.2, 0.25) is 5.91 Å². The van der Waals surface area contributed by atoms with Crippen molar-refractivity contribution in [1.29, 1.82) is 0 Å². The van der Waals surface area contributed by atoms with Crippen LogP contribution in [0.15, 0.2) is 0 Å². The average Bonchev–Trinajstić information content (AvgIpc) is 2.29. The molecular formula is C12H20N2O6. The molecule has 0 aromatic heterocycles. The summed E-state index contributed by atoms with van der Waals surface area (Å²) >= 11 is 0. The highest BCUT2D eigenvalue weighted by atomic mass is 16.6. The molecular weight excluding hydrogens is 268 g/mol. The summed E-state index contributed by atoms with van der Waals surface area (Å²) in [7, 11) is 0. The summed E-state index contributed by atoms with van der Waals surface area (Å²) < 4.78 is 4.92. The number of ketones is 1. The summed E-state index contributed by atoms with van der Waals surface area (Å²) in [5.74, 6) is -2.02. The molecule has 0 aliphatic rings. The van der Waals surface area contributed by atoms with Crippen molar-refractivity contribution in [3.8, 4) is 0 Å². The van der Waals surface area contributed by atoms with Crippen molar-refractivity contribution in [2.75, 3.05) is 13.1 Å². The molecule has 0 spiro atoms. The number of hydrogen-bond donors (Lipinski definition) is 3. The van der Waals surface area contributed by atoms with Crippen molar-refractivity contribution >= 4 is 23.8 Å². The van der Waals surface area contributed by atoms with Crippen LogP contribution in [0.25, 0.3) is 0 Å². The van der Waals surface area contributed by atoms with E-state index in [0.717, 1.165) is 0 Å². The molecule has 0 rings (SSSR count). The normalized spacial score (nSPS) is 10.6. The van der Waals surface area contributed by atoms with E-state index in [1.165, 1.54) is 0 Å². The summed E-state index contributed by atoms with van der Waals surface area (Å²) in [4.78, 5) is 44.0. The number of carboxylic acids is 1. The monoisotopic (exact) mass is 288 g/mol. The highest BCUT2D eigenvalue weighted by molar-refractivity contribution is 5.89. The number of alkyl carbamates (subject to hydrolysis) is 1.